The minimum absolute atomic E-state index is 0.107. The van der Waals surface area contributed by atoms with E-state index in [-0.39, 0.29) is 6.10 Å². The smallest absolute Gasteiger partial charge is 0.315 e. The molecule has 1 amide bonds. The number of carboxylic acids is 1. The first-order chi connectivity index (χ1) is 5.99. The summed E-state index contributed by atoms with van der Waals surface area (Å²) in [6.45, 7) is 3.45. The highest BCUT2D eigenvalue weighted by Gasteiger charge is 2.20. The molecule has 0 bridgehead atoms. The molecule has 76 valence electrons. The lowest BCUT2D eigenvalue weighted by Gasteiger charge is -2.12. The van der Waals surface area contributed by atoms with Crippen molar-refractivity contribution in [2.45, 2.75) is 20.0 Å². The molecule has 0 rings (SSSR count). The molecule has 0 aliphatic carbocycles. The molecule has 0 saturated carbocycles. The molecule has 0 fully saturated rings. The normalized spacial score (nSPS) is 14.7. The summed E-state index contributed by atoms with van der Waals surface area (Å²) in [7, 11) is 1.53. The van der Waals surface area contributed by atoms with Gasteiger partial charge in [0.2, 0.25) is 5.91 Å². The van der Waals surface area contributed by atoms with Gasteiger partial charge in [-0.15, -0.1) is 0 Å². The lowest BCUT2D eigenvalue weighted by atomic mass is 10.2. The van der Waals surface area contributed by atoms with Gasteiger partial charge in [-0.1, -0.05) is 0 Å². The van der Waals surface area contributed by atoms with Gasteiger partial charge in [-0.2, -0.15) is 0 Å². The molecule has 0 aliphatic rings. The van der Waals surface area contributed by atoms with E-state index in [1.807, 2.05) is 0 Å². The average Bonchev–Trinajstić information content (AvgIpc) is 2.11. The quantitative estimate of drug-likeness (QED) is 0.590. The molecule has 0 aliphatic heterocycles. The van der Waals surface area contributed by atoms with Gasteiger partial charge in [0.25, 0.3) is 0 Å². The summed E-state index contributed by atoms with van der Waals surface area (Å²) in [5.74, 6) is -2.62. The summed E-state index contributed by atoms with van der Waals surface area (Å²) in [4.78, 5) is 21.4. The molecule has 0 aromatic carbocycles. The summed E-state index contributed by atoms with van der Waals surface area (Å²) < 4.78 is 4.88. The topological polar surface area (TPSA) is 75.6 Å². The molecule has 2 atom stereocenters. The van der Waals surface area contributed by atoms with Crippen molar-refractivity contribution in [1.82, 2.24) is 5.32 Å². The highest BCUT2D eigenvalue weighted by Crippen LogP contribution is 1.94. The van der Waals surface area contributed by atoms with Gasteiger partial charge in [0.05, 0.1) is 6.10 Å². The first kappa shape index (κ1) is 11.9. The molecule has 5 nitrogen and oxygen atoms in total. The largest absolute Gasteiger partial charge is 0.481 e. The molecule has 2 N–H and O–H groups in total. The highest BCUT2D eigenvalue weighted by atomic mass is 16.5. The van der Waals surface area contributed by atoms with Crippen LogP contribution in [0.3, 0.4) is 0 Å². The van der Waals surface area contributed by atoms with Crippen LogP contribution in [-0.4, -0.2) is 36.7 Å². The van der Waals surface area contributed by atoms with Crippen molar-refractivity contribution in [3.8, 4) is 0 Å². The Balaban J connectivity index is 3.81. The lowest BCUT2D eigenvalue weighted by molar-refractivity contribution is -0.146. The van der Waals surface area contributed by atoms with E-state index in [0.29, 0.717) is 6.54 Å². The van der Waals surface area contributed by atoms with Gasteiger partial charge in [-0.05, 0) is 13.8 Å². The molecule has 0 heterocycles. The number of amides is 1. The van der Waals surface area contributed by atoms with Crippen LogP contribution in [0.2, 0.25) is 0 Å². The Hall–Kier alpha value is -1.10. The number of carbonyl (C=O) groups excluding carboxylic acids is 1. The van der Waals surface area contributed by atoms with E-state index in [4.69, 9.17) is 9.84 Å². The predicted molar refractivity (Wildman–Crippen MR) is 46.3 cm³/mol. The maximum Gasteiger partial charge on any atom is 0.315 e. The molecule has 0 saturated heterocycles. The van der Waals surface area contributed by atoms with E-state index in [0.717, 1.165) is 0 Å². The fraction of sp³-hybridized carbons (Fsp3) is 0.750. The van der Waals surface area contributed by atoms with Gasteiger partial charge in [0, 0.05) is 13.7 Å². The van der Waals surface area contributed by atoms with Gasteiger partial charge in [0.1, 0.15) is 5.92 Å². The summed E-state index contributed by atoms with van der Waals surface area (Å²) in [6, 6.07) is 0. The van der Waals surface area contributed by atoms with E-state index in [2.05, 4.69) is 5.32 Å². The maximum absolute atomic E-state index is 11.1. The standard InChI is InChI=1S/C8H15NO4/c1-5(13-3)4-9-7(10)6(2)8(11)12/h5-6H,4H2,1-3H3,(H,9,10)(H,11,12). The van der Waals surface area contributed by atoms with Crippen molar-refractivity contribution < 1.29 is 19.4 Å². The van der Waals surface area contributed by atoms with E-state index in [9.17, 15) is 9.59 Å². The Kier molecular flexibility index (Phi) is 5.06. The van der Waals surface area contributed by atoms with E-state index < -0.39 is 17.8 Å². The number of carboxylic acid groups (broad SMARTS) is 1. The Morgan fingerprint density at radius 2 is 2.00 bits per heavy atom. The molecule has 5 heteroatoms. The Morgan fingerprint density at radius 1 is 1.46 bits per heavy atom. The van der Waals surface area contributed by atoms with Crippen molar-refractivity contribution in [3.63, 3.8) is 0 Å². The van der Waals surface area contributed by atoms with Crippen molar-refractivity contribution >= 4 is 11.9 Å². The number of rotatable bonds is 5. The molecule has 13 heavy (non-hydrogen) atoms. The van der Waals surface area contributed by atoms with E-state index in [1.165, 1.54) is 14.0 Å². The SMILES string of the molecule is COC(C)CNC(=O)C(C)C(=O)O. The maximum atomic E-state index is 11.1. The minimum atomic E-state index is -1.12. The summed E-state index contributed by atoms with van der Waals surface area (Å²) in [5, 5.41) is 11.0. The van der Waals surface area contributed by atoms with Gasteiger partial charge in [0.15, 0.2) is 0 Å². The van der Waals surface area contributed by atoms with Gasteiger partial charge < -0.3 is 15.2 Å². The van der Waals surface area contributed by atoms with Gasteiger partial charge in [-0.25, -0.2) is 0 Å². The number of nitrogens with one attached hydrogen (secondary N) is 1. The van der Waals surface area contributed by atoms with Crippen molar-refractivity contribution in [3.05, 3.63) is 0 Å². The molecular formula is C8H15NO4. The number of hydrogen-bond acceptors (Lipinski definition) is 3. The molecule has 0 aromatic heterocycles. The average molecular weight is 189 g/mol. The summed E-state index contributed by atoms with van der Waals surface area (Å²) >= 11 is 0. The van der Waals surface area contributed by atoms with Crippen LogP contribution in [0.5, 0.6) is 0 Å². The second-order valence-electron chi connectivity index (χ2n) is 2.85. The van der Waals surface area contributed by atoms with Gasteiger partial charge in [-0.3, -0.25) is 9.59 Å². The molecular weight excluding hydrogens is 174 g/mol. The van der Waals surface area contributed by atoms with Crippen LogP contribution >= 0.6 is 0 Å². The fourth-order valence-corrected chi connectivity index (χ4v) is 0.593. The number of ether oxygens (including phenoxy) is 1. The second kappa shape index (κ2) is 5.53. The Bertz CT molecular complexity index is 193. The second-order valence-corrected chi connectivity index (χ2v) is 2.85. The van der Waals surface area contributed by atoms with Gasteiger partial charge >= 0.3 is 5.97 Å². The van der Waals surface area contributed by atoms with Crippen LogP contribution in [-0.2, 0) is 14.3 Å². The van der Waals surface area contributed by atoms with E-state index >= 15 is 0 Å². The van der Waals surface area contributed by atoms with Crippen LogP contribution < -0.4 is 5.32 Å². The zero-order chi connectivity index (χ0) is 10.4. The van der Waals surface area contributed by atoms with Crippen LogP contribution in [0.4, 0.5) is 0 Å². The predicted octanol–water partition coefficient (Wildman–Crippen LogP) is -0.142. The Labute approximate surface area is 77.1 Å². The van der Waals surface area contributed by atoms with Crippen LogP contribution in [0.1, 0.15) is 13.8 Å². The first-order valence-corrected chi connectivity index (χ1v) is 4.02. The third-order valence-corrected chi connectivity index (χ3v) is 1.73. The molecule has 2 unspecified atom stereocenters. The number of methoxy groups -OCH3 is 1. The number of aliphatic carboxylic acids is 1. The fourth-order valence-electron chi connectivity index (χ4n) is 0.593. The molecule has 0 radical (unpaired) electrons. The first-order valence-electron chi connectivity index (χ1n) is 4.02. The highest BCUT2D eigenvalue weighted by molar-refractivity contribution is 5.96. The number of hydrogen-bond donors (Lipinski definition) is 2. The third kappa shape index (κ3) is 4.47. The van der Waals surface area contributed by atoms with Crippen LogP contribution in [0.15, 0.2) is 0 Å². The van der Waals surface area contributed by atoms with E-state index in [1.54, 1.807) is 6.92 Å². The van der Waals surface area contributed by atoms with Crippen molar-refractivity contribution in [2.75, 3.05) is 13.7 Å². The third-order valence-electron chi connectivity index (χ3n) is 1.73. The monoisotopic (exact) mass is 189 g/mol. The molecule has 0 aromatic rings. The van der Waals surface area contributed by atoms with Crippen molar-refractivity contribution in [2.24, 2.45) is 5.92 Å². The minimum Gasteiger partial charge on any atom is -0.481 e. The lowest BCUT2D eigenvalue weighted by Crippen LogP contribution is -2.37. The summed E-state index contributed by atoms with van der Waals surface area (Å²) in [5.41, 5.74) is 0. The van der Waals surface area contributed by atoms with Crippen LogP contribution in [0, 0.1) is 5.92 Å². The zero-order valence-electron chi connectivity index (χ0n) is 8.03. The number of carbonyl (C=O) groups is 2. The summed E-state index contributed by atoms with van der Waals surface area (Å²) in [6.07, 6.45) is -0.107. The molecule has 0 spiro atoms. The van der Waals surface area contributed by atoms with Crippen molar-refractivity contribution in [1.29, 1.82) is 0 Å². The Morgan fingerprint density at radius 3 is 2.38 bits per heavy atom. The van der Waals surface area contributed by atoms with Crippen LogP contribution in [0.25, 0.3) is 0 Å². The zero-order valence-corrected chi connectivity index (χ0v) is 8.03.